The van der Waals surface area contributed by atoms with Crippen molar-refractivity contribution in [2.75, 3.05) is 6.61 Å². The summed E-state index contributed by atoms with van der Waals surface area (Å²) in [5.41, 5.74) is 1.08. The van der Waals surface area contributed by atoms with Crippen LogP contribution in [0.15, 0.2) is 47.1 Å². The second kappa shape index (κ2) is 5.92. The van der Waals surface area contributed by atoms with Crippen LogP contribution >= 0.6 is 11.6 Å². The van der Waals surface area contributed by atoms with E-state index in [4.69, 9.17) is 16.0 Å². The van der Waals surface area contributed by atoms with Gasteiger partial charge in [0, 0.05) is 10.9 Å². The Morgan fingerprint density at radius 2 is 2.29 bits per heavy atom. The minimum Gasteiger partial charge on any atom is -0.467 e. The van der Waals surface area contributed by atoms with Gasteiger partial charge in [0.25, 0.3) is 0 Å². The van der Waals surface area contributed by atoms with Crippen molar-refractivity contribution >= 4 is 17.5 Å². The van der Waals surface area contributed by atoms with Gasteiger partial charge in [0.2, 0.25) is 5.91 Å². The van der Waals surface area contributed by atoms with Gasteiger partial charge in [-0.1, -0.05) is 23.7 Å². The number of furan rings is 1. The second-order valence-corrected chi connectivity index (χ2v) is 5.70. The lowest BCUT2D eigenvalue weighted by atomic mass is 10.1. The zero-order chi connectivity index (χ0) is 14.8. The summed E-state index contributed by atoms with van der Waals surface area (Å²) in [5, 5.41) is 12.9. The van der Waals surface area contributed by atoms with E-state index in [9.17, 15) is 9.90 Å². The van der Waals surface area contributed by atoms with Crippen molar-refractivity contribution in [3.63, 3.8) is 0 Å². The van der Waals surface area contributed by atoms with Crippen LogP contribution in [-0.4, -0.2) is 17.6 Å². The van der Waals surface area contributed by atoms with Gasteiger partial charge in [0.05, 0.1) is 12.9 Å². The molecule has 3 rings (SSSR count). The van der Waals surface area contributed by atoms with E-state index in [-0.39, 0.29) is 24.3 Å². The molecule has 0 radical (unpaired) electrons. The maximum atomic E-state index is 12.2. The zero-order valence-corrected chi connectivity index (χ0v) is 12.1. The van der Waals surface area contributed by atoms with Crippen LogP contribution in [-0.2, 0) is 4.79 Å². The first kappa shape index (κ1) is 14.2. The van der Waals surface area contributed by atoms with E-state index >= 15 is 0 Å². The predicted molar refractivity (Wildman–Crippen MR) is 79.0 cm³/mol. The number of hydrogen-bond acceptors (Lipinski definition) is 3. The summed E-state index contributed by atoms with van der Waals surface area (Å²) in [6.07, 6.45) is 2.33. The molecule has 1 aliphatic carbocycles. The molecular weight excluding hydrogens is 290 g/mol. The third-order valence-electron chi connectivity index (χ3n) is 3.79. The smallest absolute Gasteiger partial charge is 0.224 e. The molecule has 1 saturated carbocycles. The van der Waals surface area contributed by atoms with E-state index in [2.05, 4.69) is 5.32 Å². The molecule has 1 fully saturated rings. The Kier molecular flexibility index (Phi) is 3.99. The molecular formula is C16H16ClNO3. The fourth-order valence-electron chi connectivity index (χ4n) is 2.57. The Hall–Kier alpha value is -1.78. The maximum absolute atomic E-state index is 12.2. The number of rotatable bonds is 5. The number of halogens is 1. The second-order valence-electron chi connectivity index (χ2n) is 5.26. The number of aliphatic hydroxyl groups excluding tert-OH is 1. The molecule has 1 amide bonds. The molecule has 1 aromatic heterocycles. The van der Waals surface area contributed by atoms with E-state index in [0.29, 0.717) is 10.8 Å². The largest absolute Gasteiger partial charge is 0.467 e. The van der Waals surface area contributed by atoms with Crippen molar-refractivity contribution in [3.8, 4) is 0 Å². The summed E-state index contributed by atoms with van der Waals surface area (Å²) in [7, 11) is 0. The highest BCUT2D eigenvalue weighted by atomic mass is 35.5. The van der Waals surface area contributed by atoms with Crippen molar-refractivity contribution in [1.29, 1.82) is 0 Å². The average molecular weight is 306 g/mol. The highest BCUT2D eigenvalue weighted by molar-refractivity contribution is 6.30. The first-order valence-electron chi connectivity index (χ1n) is 6.89. The molecule has 2 aromatic rings. The Balaban J connectivity index is 1.62. The summed E-state index contributed by atoms with van der Waals surface area (Å²) < 4.78 is 5.22. The highest BCUT2D eigenvalue weighted by Crippen LogP contribution is 2.48. The summed E-state index contributed by atoms with van der Waals surface area (Å²) in [5.74, 6) is 0.647. The number of hydrogen-bond donors (Lipinski definition) is 2. The number of carbonyl (C=O) groups is 1. The molecule has 3 atom stereocenters. The lowest BCUT2D eigenvalue weighted by Gasteiger charge is -2.13. The summed E-state index contributed by atoms with van der Waals surface area (Å²) >= 11 is 5.97. The van der Waals surface area contributed by atoms with E-state index in [1.54, 1.807) is 12.1 Å². The molecule has 21 heavy (non-hydrogen) atoms. The van der Waals surface area contributed by atoms with Crippen LogP contribution in [0.4, 0.5) is 0 Å². The van der Waals surface area contributed by atoms with Crippen LogP contribution in [0.1, 0.15) is 29.7 Å². The van der Waals surface area contributed by atoms with E-state index in [1.807, 2.05) is 24.3 Å². The van der Waals surface area contributed by atoms with Crippen molar-refractivity contribution in [3.05, 3.63) is 59.0 Å². The topological polar surface area (TPSA) is 62.5 Å². The minimum absolute atomic E-state index is 0.0598. The van der Waals surface area contributed by atoms with Gasteiger partial charge in [-0.2, -0.15) is 0 Å². The molecule has 4 nitrogen and oxygen atoms in total. The van der Waals surface area contributed by atoms with Crippen LogP contribution in [0.25, 0.3) is 0 Å². The molecule has 0 bridgehead atoms. The van der Waals surface area contributed by atoms with Gasteiger partial charge >= 0.3 is 0 Å². The van der Waals surface area contributed by atoms with Crippen molar-refractivity contribution in [1.82, 2.24) is 5.32 Å². The molecule has 0 saturated heterocycles. The number of carbonyl (C=O) groups excluding carboxylic acids is 1. The van der Waals surface area contributed by atoms with Gasteiger partial charge in [-0.25, -0.2) is 0 Å². The van der Waals surface area contributed by atoms with Gasteiger partial charge < -0.3 is 14.8 Å². The highest BCUT2D eigenvalue weighted by Gasteiger charge is 2.44. The molecule has 5 heteroatoms. The van der Waals surface area contributed by atoms with Gasteiger partial charge in [-0.3, -0.25) is 4.79 Å². The van der Waals surface area contributed by atoms with Gasteiger partial charge in [-0.15, -0.1) is 0 Å². The predicted octanol–water partition coefficient (Wildman–Crippen LogP) is 2.89. The molecule has 110 valence electrons. The van der Waals surface area contributed by atoms with Crippen LogP contribution < -0.4 is 5.32 Å². The SMILES string of the molecule is O=C(NC(CO)c1ccco1)C1CC1c1cccc(Cl)c1. The Morgan fingerprint density at radius 3 is 2.95 bits per heavy atom. The van der Waals surface area contributed by atoms with Gasteiger partial charge in [0.1, 0.15) is 11.8 Å². The monoisotopic (exact) mass is 305 g/mol. The van der Waals surface area contributed by atoms with E-state index in [0.717, 1.165) is 12.0 Å². The average Bonchev–Trinajstić information content (AvgIpc) is 3.11. The number of benzene rings is 1. The van der Waals surface area contributed by atoms with Gasteiger partial charge in [0.15, 0.2) is 0 Å². The fourth-order valence-corrected chi connectivity index (χ4v) is 2.76. The van der Waals surface area contributed by atoms with Crippen molar-refractivity contribution in [2.45, 2.75) is 18.4 Å². The Morgan fingerprint density at radius 1 is 1.43 bits per heavy atom. The molecule has 0 spiro atoms. The van der Waals surface area contributed by atoms with Crippen LogP contribution in [0, 0.1) is 5.92 Å². The standard InChI is InChI=1S/C16H16ClNO3/c17-11-4-1-3-10(7-11)12-8-13(12)16(20)18-14(9-19)15-5-2-6-21-15/h1-7,12-14,19H,8-9H2,(H,18,20). The Labute approximate surface area is 127 Å². The number of aliphatic hydroxyl groups is 1. The molecule has 3 unspecified atom stereocenters. The summed E-state index contributed by atoms with van der Waals surface area (Å²) in [6, 6.07) is 10.6. The Bertz CT molecular complexity index is 626. The van der Waals surface area contributed by atoms with Crippen molar-refractivity contribution < 1.29 is 14.3 Å². The maximum Gasteiger partial charge on any atom is 0.224 e. The third kappa shape index (κ3) is 3.12. The first-order chi connectivity index (χ1) is 10.2. The van der Waals surface area contributed by atoms with E-state index in [1.165, 1.54) is 6.26 Å². The molecule has 1 aliphatic rings. The number of amides is 1. The van der Waals surface area contributed by atoms with E-state index < -0.39 is 6.04 Å². The molecule has 1 heterocycles. The summed E-state index contributed by atoms with van der Waals surface area (Å²) in [4.78, 5) is 12.2. The van der Waals surface area contributed by atoms with Crippen LogP contribution in [0.2, 0.25) is 5.02 Å². The minimum atomic E-state index is -0.492. The van der Waals surface area contributed by atoms with Gasteiger partial charge in [-0.05, 0) is 42.2 Å². The lowest BCUT2D eigenvalue weighted by Crippen LogP contribution is -2.32. The summed E-state index contributed by atoms with van der Waals surface area (Å²) in [6.45, 7) is -0.187. The molecule has 1 aromatic carbocycles. The lowest BCUT2D eigenvalue weighted by molar-refractivity contribution is -0.123. The fraction of sp³-hybridized carbons (Fsp3) is 0.312. The molecule has 0 aliphatic heterocycles. The zero-order valence-electron chi connectivity index (χ0n) is 11.3. The van der Waals surface area contributed by atoms with Crippen LogP contribution in [0.5, 0.6) is 0 Å². The third-order valence-corrected chi connectivity index (χ3v) is 4.02. The normalized spacial score (nSPS) is 21.8. The quantitative estimate of drug-likeness (QED) is 0.893. The molecule has 2 N–H and O–H groups in total. The van der Waals surface area contributed by atoms with Crippen LogP contribution in [0.3, 0.4) is 0 Å². The number of nitrogens with one attached hydrogen (secondary N) is 1. The van der Waals surface area contributed by atoms with Crippen molar-refractivity contribution in [2.24, 2.45) is 5.92 Å². The first-order valence-corrected chi connectivity index (χ1v) is 7.27.